The van der Waals surface area contributed by atoms with Crippen molar-refractivity contribution < 1.29 is 0 Å². The van der Waals surface area contributed by atoms with E-state index in [2.05, 4.69) is 10.3 Å². The van der Waals surface area contributed by atoms with E-state index in [-0.39, 0.29) is 5.56 Å². The number of aromatic nitrogens is 2. The fourth-order valence-corrected chi connectivity index (χ4v) is 2.37. The minimum atomic E-state index is -0.0199. The van der Waals surface area contributed by atoms with Gasteiger partial charge in [0.05, 0.1) is 17.2 Å². The summed E-state index contributed by atoms with van der Waals surface area (Å²) in [5, 5.41) is 4.56. The van der Waals surface area contributed by atoms with Crippen LogP contribution in [0.2, 0.25) is 5.02 Å². The number of benzene rings is 2. The summed E-state index contributed by atoms with van der Waals surface area (Å²) in [5.41, 5.74) is 1.64. The van der Waals surface area contributed by atoms with E-state index in [0.717, 1.165) is 11.2 Å². The summed E-state index contributed by atoms with van der Waals surface area (Å²) in [6.07, 6.45) is 1.59. The molecule has 1 heterocycles. The average molecular weight is 300 g/mol. The monoisotopic (exact) mass is 299 g/mol. The second-order valence-electron chi connectivity index (χ2n) is 4.70. The molecular formula is C16H14ClN3O. The molecule has 0 atom stereocenters. The Hall–Kier alpha value is -2.33. The fourth-order valence-electron chi connectivity index (χ4n) is 2.18. The van der Waals surface area contributed by atoms with E-state index in [1.54, 1.807) is 17.0 Å². The molecule has 0 spiro atoms. The molecule has 0 bridgehead atoms. The largest absolute Gasteiger partial charge is 0.383 e. The van der Waals surface area contributed by atoms with Crippen LogP contribution in [-0.2, 0) is 6.54 Å². The van der Waals surface area contributed by atoms with E-state index in [0.29, 0.717) is 23.5 Å². The van der Waals surface area contributed by atoms with Gasteiger partial charge in [0.25, 0.3) is 5.56 Å². The molecule has 1 N–H and O–H groups in total. The van der Waals surface area contributed by atoms with Crippen molar-refractivity contribution in [3.05, 3.63) is 70.2 Å². The smallest absolute Gasteiger partial charge is 0.261 e. The summed E-state index contributed by atoms with van der Waals surface area (Å²) in [6, 6.07) is 14.9. The van der Waals surface area contributed by atoms with Gasteiger partial charge in [0, 0.05) is 23.8 Å². The lowest BCUT2D eigenvalue weighted by Gasteiger charge is -2.09. The summed E-state index contributed by atoms with van der Waals surface area (Å²) in [4.78, 5) is 16.6. The van der Waals surface area contributed by atoms with Gasteiger partial charge in [-0.05, 0) is 30.3 Å². The van der Waals surface area contributed by atoms with Gasteiger partial charge in [0.1, 0.15) is 0 Å². The van der Waals surface area contributed by atoms with Crippen molar-refractivity contribution >= 4 is 28.2 Å². The number of para-hydroxylation sites is 1. The van der Waals surface area contributed by atoms with Gasteiger partial charge in [-0.2, -0.15) is 0 Å². The highest BCUT2D eigenvalue weighted by molar-refractivity contribution is 6.30. The van der Waals surface area contributed by atoms with Crippen molar-refractivity contribution in [1.82, 2.24) is 9.55 Å². The Kier molecular flexibility index (Phi) is 3.88. The van der Waals surface area contributed by atoms with Gasteiger partial charge in [0.2, 0.25) is 0 Å². The number of nitrogens with one attached hydrogen (secondary N) is 1. The molecule has 0 saturated carbocycles. The Morgan fingerprint density at radius 3 is 2.86 bits per heavy atom. The highest BCUT2D eigenvalue weighted by atomic mass is 35.5. The zero-order chi connectivity index (χ0) is 14.7. The first kappa shape index (κ1) is 13.6. The molecule has 0 unspecified atom stereocenters. The van der Waals surface area contributed by atoms with Gasteiger partial charge in [-0.25, -0.2) is 4.98 Å². The van der Waals surface area contributed by atoms with Crippen molar-refractivity contribution in [1.29, 1.82) is 0 Å². The third-order valence-corrected chi connectivity index (χ3v) is 3.47. The van der Waals surface area contributed by atoms with Gasteiger partial charge in [-0.15, -0.1) is 0 Å². The zero-order valence-electron chi connectivity index (χ0n) is 11.3. The van der Waals surface area contributed by atoms with Crippen molar-refractivity contribution in [2.75, 3.05) is 11.9 Å². The van der Waals surface area contributed by atoms with Crippen molar-refractivity contribution in [2.24, 2.45) is 0 Å². The summed E-state index contributed by atoms with van der Waals surface area (Å²) in [7, 11) is 0. The lowest BCUT2D eigenvalue weighted by atomic mass is 10.2. The molecule has 21 heavy (non-hydrogen) atoms. The molecule has 0 aliphatic rings. The number of rotatable bonds is 4. The van der Waals surface area contributed by atoms with Crippen LogP contribution in [0.4, 0.5) is 5.69 Å². The number of anilines is 1. The van der Waals surface area contributed by atoms with E-state index in [9.17, 15) is 4.79 Å². The van der Waals surface area contributed by atoms with Gasteiger partial charge >= 0.3 is 0 Å². The molecule has 1 aromatic heterocycles. The second kappa shape index (κ2) is 5.97. The van der Waals surface area contributed by atoms with Crippen LogP contribution in [0.5, 0.6) is 0 Å². The highest BCUT2D eigenvalue weighted by Gasteiger charge is 2.02. The van der Waals surface area contributed by atoms with Crippen LogP contribution in [0.15, 0.2) is 59.7 Å². The highest BCUT2D eigenvalue weighted by Crippen LogP contribution is 2.14. The molecule has 3 rings (SSSR count). The molecule has 0 fully saturated rings. The summed E-state index contributed by atoms with van der Waals surface area (Å²) in [6.45, 7) is 1.17. The van der Waals surface area contributed by atoms with E-state index in [4.69, 9.17) is 11.6 Å². The number of fused-ring (bicyclic) bond motifs is 1. The number of hydrogen-bond acceptors (Lipinski definition) is 3. The first-order valence-electron chi connectivity index (χ1n) is 6.68. The molecule has 3 aromatic rings. The van der Waals surface area contributed by atoms with Crippen LogP contribution in [0.3, 0.4) is 0 Å². The fraction of sp³-hybridized carbons (Fsp3) is 0.125. The van der Waals surface area contributed by atoms with Crippen LogP contribution in [0, 0.1) is 0 Å². The minimum Gasteiger partial charge on any atom is -0.383 e. The zero-order valence-corrected chi connectivity index (χ0v) is 12.0. The van der Waals surface area contributed by atoms with Crippen LogP contribution in [0.25, 0.3) is 10.9 Å². The normalized spacial score (nSPS) is 10.7. The Bertz CT molecular complexity index is 829. The molecule has 2 aromatic carbocycles. The van der Waals surface area contributed by atoms with Gasteiger partial charge < -0.3 is 5.32 Å². The Morgan fingerprint density at radius 2 is 2.00 bits per heavy atom. The van der Waals surface area contributed by atoms with E-state index in [1.807, 2.05) is 42.5 Å². The lowest BCUT2D eigenvalue weighted by Crippen LogP contribution is -2.24. The molecule has 0 radical (unpaired) electrons. The SMILES string of the molecule is O=c1c2ccccc2ncn1CCNc1cccc(Cl)c1. The van der Waals surface area contributed by atoms with Crippen LogP contribution in [-0.4, -0.2) is 16.1 Å². The van der Waals surface area contributed by atoms with Crippen molar-refractivity contribution in [3.8, 4) is 0 Å². The number of hydrogen-bond donors (Lipinski definition) is 1. The van der Waals surface area contributed by atoms with E-state index < -0.39 is 0 Å². The molecular weight excluding hydrogens is 286 g/mol. The Labute approximate surface area is 127 Å². The lowest BCUT2D eigenvalue weighted by molar-refractivity contribution is 0.689. The maximum atomic E-state index is 12.3. The maximum Gasteiger partial charge on any atom is 0.261 e. The van der Waals surface area contributed by atoms with Gasteiger partial charge in [-0.1, -0.05) is 29.8 Å². The molecule has 0 aliphatic carbocycles. The van der Waals surface area contributed by atoms with Crippen LogP contribution >= 0.6 is 11.6 Å². The Balaban J connectivity index is 1.74. The third-order valence-electron chi connectivity index (χ3n) is 3.24. The molecule has 0 amide bonds. The molecule has 5 heteroatoms. The quantitative estimate of drug-likeness (QED) is 0.805. The molecule has 0 saturated heterocycles. The summed E-state index contributed by atoms with van der Waals surface area (Å²) < 4.78 is 1.61. The van der Waals surface area contributed by atoms with Crippen molar-refractivity contribution in [3.63, 3.8) is 0 Å². The standard InChI is InChI=1S/C16H14ClN3O/c17-12-4-3-5-13(10-12)18-8-9-20-11-19-15-7-2-1-6-14(15)16(20)21/h1-7,10-11,18H,8-9H2. The van der Waals surface area contributed by atoms with Gasteiger partial charge in [0.15, 0.2) is 0 Å². The first-order chi connectivity index (χ1) is 10.2. The summed E-state index contributed by atoms with van der Waals surface area (Å²) >= 11 is 5.93. The Morgan fingerprint density at radius 1 is 1.14 bits per heavy atom. The minimum absolute atomic E-state index is 0.0199. The van der Waals surface area contributed by atoms with Gasteiger partial charge in [-0.3, -0.25) is 9.36 Å². The topological polar surface area (TPSA) is 46.9 Å². The third kappa shape index (κ3) is 3.06. The van der Waals surface area contributed by atoms with Crippen molar-refractivity contribution in [2.45, 2.75) is 6.54 Å². The maximum absolute atomic E-state index is 12.3. The predicted molar refractivity (Wildman–Crippen MR) is 85.9 cm³/mol. The van der Waals surface area contributed by atoms with E-state index in [1.165, 1.54) is 0 Å². The number of nitrogens with zero attached hydrogens (tertiary/aromatic N) is 2. The first-order valence-corrected chi connectivity index (χ1v) is 7.05. The van der Waals surface area contributed by atoms with Crippen LogP contribution < -0.4 is 10.9 Å². The predicted octanol–water partition coefficient (Wildman–Crippen LogP) is 3.16. The molecule has 0 aliphatic heterocycles. The van der Waals surface area contributed by atoms with E-state index >= 15 is 0 Å². The average Bonchev–Trinajstić information content (AvgIpc) is 2.50. The van der Waals surface area contributed by atoms with Crippen LogP contribution in [0.1, 0.15) is 0 Å². The molecule has 106 valence electrons. The second-order valence-corrected chi connectivity index (χ2v) is 5.13. The summed E-state index contributed by atoms with van der Waals surface area (Å²) in [5.74, 6) is 0. The number of halogens is 1. The molecule has 4 nitrogen and oxygen atoms in total.